The minimum Gasteiger partial charge on any atom is -0.406 e. The van der Waals surface area contributed by atoms with E-state index in [0.717, 1.165) is 28.4 Å². The Hall–Kier alpha value is -0.563. The Morgan fingerprint density at radius 1 is 1.33 bits per heavy atom. The van der Waals surface area contributed by atoms with Gasteiger partial charge >= 0.3 is 0 Å². The van der Waals surface area contributed by atoms with E-state index in [9.17, 15) is 4.39 Å². The second-order valence-corrected chi connectivity index (χ2v) is 11.8. The Bertz CT molecular complexity index is 543. The molecule has 0 aromatic carbocycles. The van der Waals surface area contributed by atoms with Crippen LogP contribution in [0.5, 0.6) is 0 Å². The summed E-state index contributed by atoms with van der Waals surface area (Å²) in [7, 11) is -1.86. The molecule has 6 heteroatoms. The van der Waals surface area contributed by atoms with Gasteiger partial charge in [-0.2, -0.15) is 0 Å². The van der Waals surface area contributed by atoms with Crippen molar-refractivity contribution in [1.29, 1.82) is 0 Å². The van der Waals surface area contributed by atoms with E-state index in [4.69, 9.17) is 9.53 Å². The molecule has 3 nitrogen and oxygen atoms in total. The molecule has 0 saturated carbocycles. The van der Waals surface area contributed by atoms with Crippen molar-refractivity contribution in [3.8, 4) is 0 Å². The number of aliphatic hydroxyl groups is 1. The summed E-state index contributed by atoms with van der Waals surface area (Å²) in [5.41, 5.74) is 0.298. The van der Waals surface area contributed by atoms with Crippen molar-refractivity contribution >= 4 is 24.2 Å². The SMILES string of the molecule is CC[Si](CC)(CC)OC(C)(CCC=C(F)CO)c1cccc(Br)n1. The summed E-state index contributed by atoms with van der Waals surface area (Å²) in [6.45, 7) is 8.08. The van der Waals surface area contributed by atoms with Crippen LogP contribution in [-0.2, 0) is 10.0 Å². The van der Waals surface area contributed by atoms with Crippen LogP contribution in [-0.4, -0.2) is 25.0 Å². The van der Waals surface area contributed by atoms with Gasteiger partial charge in [0.1, 0.15) is 10.4 Å². The first kappa shape index (κ1) is 21.5. The zero-order chi connectivity index (χ0) is 18.2. The van der Waals surface area contributed by atoms with Crippen LogP contribution in [0.1, 0.15) is 46.2 Å². The van der Waals surface area contributed by atoms with E-state index in [1.54, 1.807) is 0 Å². The topological polar surface area (TPSA) is 42.4 Å². The van der Waals surface area contributed by atoms with Gasteiger partial charge in [-0.25, -0.2) is 9.37 Å². The molecule has 136 valence electrons. The summed E-state index contributed by atoms with van der Waals surface area (Å²) in [4.78, 5) is 4.60. The average Bonchev–Trinajstić information content (AvgIpc) is 2.59. The Balaban J connectivity index is 3.15. The zero-order valence-electron chi connectivity index (χ0n) is 15.1. The first-order chi connectivity index (χ1) is 11.3. The quantitative estimate of drug-likeness (QED) is 0.391. The molecule has 0 aliphatic rings. The van der Waals surface area contributed by atoms with Gasteiger partial charge in [0.2, 0.25) is 0 Å². The number of pyridine rings is 1. The lowest BCUT2D eigenvalue weighted by molar-refractivity contribution is 0.0596. The second kappa shape index (κ2) is 9.80. The molecule has 0 aliphatic carbocycles. The zero-order valence-corrected chi connectivity index (χ0v) is 17.7. The Morgan fingerprint density at radius 2 is 1.96 bits per heavy atom. The van der Waals surface area contributed by atoms with Crippen LogP contribution in [0.2, 0.25) is 18.1 Å². The first-order valence-corrected chi connectivity index (χ1v) is 12.0. The number of rotatable bonds is 10. The van der Waals surface area contributed by atoms with Crippen LogP contribution in [0.3, 0.4) is 0 Å². The molecule has 0 amide bonds. The molecule has 1 heterocycles. The third-order valence-corrected chi connectivity index (χ3v) is 9.96. The molecule has 1 N–H and O–H groups in total. The number of hydrogen-bond donors (Lipinski definition) is 1. The summed E-state index contributed by atoms with van der Waals surface area (Å²) in [5.74, 6) is -0.496. The fourth-order valence-corrected chi connectivity index (χ4v) is 6.39. The molecule has 1 unspecified atom stereocenters. The normalized spacial score (nSPS) is 15.4. The minimum atomic E-state index is -1.86. The van der Waals surface area contributed by atoms with Gasteiger partial charge in [-0.15, -0.1) is 0 Å². The Labute approximate surface area is 154 Å². The number of aliphatic hydroxyl groups excluding tert-OH is 1. The number of hydrogen-bond acceptors (Lipinski definition) is 3. The van der Waals surface area contributed by atoms with Crippen molar-refractivity contribution in [3.05, 3.63) is 40.4 Å². The lowest BCUT2D eigenvalue weighted by Crippen LogP contribution is -2.44. The smallest absolute Gasteiger partial charge is 0.193 e. The third-order valence-electron chi connectivity index (χ3n) is 4.77. The highest BCUT2D eigenvalue weighted by atomic mass is 79.9. The highest BCUT2D eigenvalue weighted by Crippen LogP contribution is 2.37. The predicted octanol–water partition coefficient (Wildman–Crippen LogP) is 5.71. The summed E-state index contributed by atoms with van der Waals surface area (Å²) in [6.07, 6.45) is 2.56. The lowest BCUT2D eigenvalue weighted by atomic mass is 9.95. The van der Waals surface area contributed by atoms with Crippen LogP contribution in [0, 0.1) is 0 Å². The van der Waals surface area contributed by atoms with Gasteiger partial charge in [0.15, 0.2) is 8.32 Å². The number of allylic oxidation sites excluding steroid dienone is 1. The fraction of sp³-hybridized carbons (Fsp3) is 0.611. The van der Waals surface area contributed by atoms with Gasteiger partial charge in [0, 0.05) is 0 Å². The third kappa shape index (κ3) is 5.76. The highest BCUT2D eigenvalue weighted by Gasteiger charge is 2.39. The van der Waals surface area contributed by atoms with Crippen molar-refractivity contribution in [1.82, 2.24) is 4.98 Å². The number of halogens is 2. The largest absolute Gasteiger partial charge is 0.406 e. The van der Waals surface area contributed by atoms with Gasteiger partial charge in [-0.05, 0) is 66.0 Å². The Morgan fingerprint density at radius 3 is 2.46 bits per heavy atom. The second-order valence-electron chi connectivity index (χ2n) is 6.27. The molecular formula is C18H29BrFNO2Si. The molecule has 1 aromatic heterocycles. The van der Waals surface area contributed by atoms with Gasteiger partial charge in [0.25, 0.3) is 0 Å². The van der Waals surface area contributed by atoms with Crippen molar-refractivity contribution in [2.75, 3.05) is 6.61 Å². The summed E-state index contributed by atoms with van der Waals surface area (Å²) in [5, 5.41) is 8.83. The van der Waals surface area contributed by atoms with Crippen molar-refractivity contribution in [2.45, 2.75) is 64.3 Å². The molecule has 0 saturated heterocycles. The van der Waals surface area contributed by atoms with Crippen LogP contribution >= 0.6 is 15.9 Å². The summed E-state index contributed by atoms with van der Waals surface area (Å²) < 4.78 is 20.8. The van der Waals surface area contributed by atoms with Crippen LogP contribution in [0.25, 0.3) is 0 Å². The fourth-order valence-electron chi connectivity index (χ4n) is 2.95. The Kier molecular flexibility index (Phi) is 8.77. The molecule has 1 rings (SSSR count). The van der Waals surface area contributed by atoms with Crippen molar-refractivity contribution in [3.63, 3.8) is 0 Å². The standard InChI is InChI=1S/C18H29BrFNO2Si/c1-5-24(6-2,7-3)23-18(4,13-9-10-15(20)14-22)16-11-8-12-17(19)21-16/h8,10-12,22H,5-7,9,13-14H2,1-4H3. The van der Waals surface area contributed by atoms with Gasteiger partial charge < -0.3 is 9.53 Å². The van der Waals surface area contributed by atoms with E-state index >= 15 is 0 Å². The van der Waals surface area contributed by atoms with E-state index in [2.05, 4.69) is 48.6 Å². The van der Waals surface area contributed by atoms with Crippen molar-refractivity contribution < 1.29 is 13.9 Å². The van der Waals surface area contributed by atoms with Gasteiger partial charge in [-0.3, -0.25) is 0 Å². The lowest BCUT2D eigenvalue weighted by Gasteiger charge is -2.40. The maximum absolute atomic E-state index is 13.3. The summed E-state index contributed by atoms with van der Waals surface area (Å²) in [6, 6.07) is 8.95. The summed E-state index contributed by atoms with van der Waals surface area (Å²) >= 11 is 3.43. The van der Waals surface area contributed by atoms with Gasteiger partial charge in [-0.1, -0.05) is 32.9 Å². The van der Waals surface area contributed by atoms with E-state index in [1.807, 2.05) is 18.2 Å². The molecule has 0 bridgehead atoms. The molecule has 0 radical (unpaired) electrons. The number of nitrogens with zero attached hydrogens (tertiary/aromatic N) is 1. The molecule has 0 aliphatic heterocycles. The monoisotopic (exact) mass is 417 g/mol. The predicted molar refractivity (Wildman–Crippen MR) is 103 cm³/mol. The van der Waals surface area contributed by atoms with Gasteiger partial charge in [0.05, 0.1) is 17.9 Å². The van der Waals surface area contributed by atoms with Crippen LogP contribution in [0.15, 0.2) is 34.7 Å². The molecule has 24 heavy (non-hydrogen) atoms. The molecule has 0 spiro atoms. The van der Waals surface area contributed by atoms with E-state index in [-0.39, 0.29) is 0 Å². The van der Waals surface area contributed by atoms with E-state index in [0.29, 0.717) is 12.8 Å². The van der Waals surface area contributed by atoms with Crippen molar-refractivity contribution in [2.24, 2.45) is 0 Å². The minimum absolute atomic E-state index is 0.496. The molecular weight excluding hydrogens is 389 g/mol. The number of aromatic nitrogens is 1. The van der Waals surface area contributed by atoms with Crippen LogP contribution < -0.4 is 0 Å². The molecule has 1 atom stereocenters. The average molecular weight is 418 g/mol. The maximum Gasteiger partial charge on any atom is 0.193 e. The maximum atomic E-state index is 13.3. The van der Waals surface area contributed by atoms with E-state index in [1.165, 1.54) is 6.08 Å². The molecule has 1 aromatic rings. The first-order valence-electron chi connectivity index (χ1n) is 8.63. The molecule has 0 fully saturated rings. The van der Waals surface area contributed by atoms with Crippen LogP contribution in [0.4, 0.5) is 4.39 Å². The van der Waals surface area contributed by atoms with E-state index < -0.39 is 26.4 Å². The highest BCUT2D eigenvalue weighted by molar-refractivity contribution is 9.10.